The van der Waals surface area contributed by atoms with Gasteiger partial charge in [-0.1, -0.05) is 23.7 Å². The number of amides is 1. The van der Waals surface area contributed by atoms with Gasteiger partial charge in [0.2, 0.25) is 11.9 Å². The first-order valence-electron chi connectivity index (χ1n) is 7.98. The Morgan fingerprint density at radius 2 is 2.28 bits per heavy atom. The number of nitrogens with zero attached hydrogens (tertiary/aromatic N) is 3. The minimum atomic E-state index is -0.464. The average Bonchev–Trinajstić information content (AvgIpc) is 3.02. The fraction of sp³-hybridized carbons (Fsp3) is 0.353. The summed E-state index contributed by atoms with van der Waals surface area (Å²) in [6.07, 6.45) is 2.70. The molecule has 0 saturated carbocycles. The lowest BCUT2D eigenvalue weighted by Crippen LogP contribution is -2.25. The number of benzene rings is 1. The quantitative estimate of drug-likeness (QED) is 0.852. The SMILES string of the molecule is CC(Nc1ncc(Cl)c(N2CCCC2=O)n1)c1ccc(CO)c(F)c1. The molecule has 1 unspecified atom stereocenters. The molecule has 25 heavy (non-hydrogen) atoms. The molecule has 3 rings (SSSR count). The number of hydrogen-bond donors (Lipinski definition) is 2. The van der Waals surface area contributed by atoms with Gasteiger partial charge >= 0.3 is 0 Å². The molecule has 1 aliphatic rings. The number of halogens is 2. The molecule has 6 nitrogen and oxygen atoms in total. The molecule has 2 aromatic rings. The molecule has 1 amide bonds. The highest BCUT2D eigenvalue weighted by molar-refractivity contribution is 6.33. The Hall–Kier alpha value is -2.25. The van der Waals surface area contributed by atoms with Gasteiger partial charge in [-0.05, 0) is 25.0 Å². The second kappa shape index (κ2) is 7.33. The standard InChI is InChI=1S/C17H18ClFN4O2/c1-10(11-4-5-12(9-24)14(19)7-11)21-17-20-8-13(18)16(22-17)23-6-2-3-15(23)25/h4-5,7-8,10,24H,2-3,6,9H2,1H3,(H,20,21,22). The van der Waals surface area contributed by atoms with E-state index >= 15 is 0 Å². The summed E-state index contributed by atoms with van der Waals surface area (Å²) in [7, 11) is 0. The number of nitrogens with one attached hydrogen (secondary N) is 1. The second-order valence-corrected chi connectivity index (χ2v) is 6.30. The highest BCUT2D eigenvalue weighted by Gasteiger charge is 2.25. The molecule has 1 aromatic carbocycles. The summed E-state index contributed by atoms with van der Waals surface area (Å²) in [6.45, 7) is 2.08. The van der Waals surface area contributed by atoms with Gasteiger partial charge < -0.3 is 10.4 Å². The number of hydrogen-bond acceptors (Lipinski definition) is 5. The van der Waals surface area contributed by atoms with Gasteiger partial charge in [-0.3, -0.25) is 9.69 Å². The zero-order valence-electron chi connectivity index (χ0n) is 13.7. The van der Waals surface area contributed by atoms with E-state index in [9.17, 15) is 9.18 Å². The van der Waals surface area contributed by atoms with Crippen molar-refractivity contribution in [3.8, 4) is 0 Å². The Balaban J connectivity index is 1.80. The van der Waals surface area contributed by atoms with E-state index < -0.39 is 5.82 Å². The minimum absolute atomic E-state index is 0.0127. The Kier molecular flexibility index (Phi) is 5.15. The molecule has 8 heteroatoms. The molecule has 1 fully saturated rings. The number of aromatic nitrogens is 2. The van der Waals surface area contributed by atoms with Crippen molar-refractivity contribution in [2.24, 2.45) is 0 Å². The van der Waals surface area contributed by atoms with Crippen LogP contribution in [0, 0.1) is 5.82 Å². The molecule has 2 heterocycles. The van der Waals surface area contributed by atoms with Crippen molar-refractivity contribution in [2.75, 3.05) is 16.8 Å². The molecule has 0 aliphatic carbocycles. The summed E-state index contributed by atoms with van der Waals surface area (Å²) < 4.78 is 13.8. The van der Waals surface area contributed by atoms with Crippen molar-refractivity contribution >= 4 is 29.3 Å². The molecule has 0 radical (unpaired) electrons. The first-order chi connectivity index (χ1) is 12.0. The lowest BCUT2D eigenvalue weighted by atomic mass is 10.1. The second-order valence-electron chi connectivity index (χ2n) is 5.89. The number of aliphatic hydroxyl groups is 1. The van der Waals surface area contributed by atoms with E-state index in [2.05, 4.69) is 15.3 Å². The average molecular weight is 365 g/mol. The lowest BCUT2D eigenvalue weighted by molar-refractivity contribution is -0.117. The number of carbonyl (C=O) groups is 1. The van der Waals surface area contributed by atoms with Gasteiger partial charge in [0, 0.05) is 18.5 Å². The van der Waals surface area contributed by atoms with Crippen LogP contribution in [0.1, 0.15) is 36.9 Å². The Bertz CT molecular complexity index is 802. The molecule has 1 atom stereocenters. The van der Waals surface area contributed by atoms with Crippen LogP contribution in [0.5, 0.6) is 0 Å². The van der Waals surface area contributed by atoms with E-state index in [4.69, 9.17) is 16.7 Å². The topological polar surface area (TPSA) is 78.4 Å². The first-order valence-corrected chi connectivity index (χ1v) is 8.36. The highest BCUT2D eigenvalue weighted by atomic mass is 35.5. The van der Waals surface area contributed by atoms with E-state index in [-0.39, 0.29) is 24.1 Å². The van der Waals surface area contributed by atoms with Crippen molar-refractivity contribution in [2.45, 2.75) is 32.4 Å². The van der Waals surface area contributed by atoms with Gasteiger partial charge in [0.05, 0.1) is 18.8 Å². The zero-order valence-corrected chi connectivity index (χ0v) is 14.4. The van der Waals surface area contributed by atoms with Crippen LogP contribution in [0.25, 0.3) is 0 Å². The molecule has 0 bridgehead atoms. The lowest BCUT2D eigenvalue weighted by Gasteiger charge is -2.19. The minimum Gasteiger partial charge on any atom is -0.392 e. The monoisotopic (exact) mass is 364 g/mol. The van der Waals surface area contributed by atoms with Gasteiger partial charge in [-0.25, -0.2) is 9.37 Å². The third-order valence-corrected chi connectivity index (χ3v) is 4.41. The molecular weight excluding hydrogens is 347 g/mol. The van der Waals surface area contributed by atoms with E-state index in [1.54, 1.807) is 17.0 Å². The maximum absolute atomic E-state index is 13.8. The predicted molar refractivity (Wildman–Crippen MR) is 93.0 cm³/mol. The summed E-state index contributed by atoms with van der Waals surface area (Å²) >= 11 is 6.13. The predicted octanol–water partition coefficient (Wildman–Crippen LogP) is 3.06. The van der Waals surface area contributed by atoms with Crippen molar-refractivity contribution in [3.63, 3.8) is 0 Å². The first kappa shape index (κ1) is 17.6. The van der Waals surface area contributed by atoms with Crippen molar-refractivity contribution in [3.05, 3.63) is 46.4 Å². The molecule has 1 aromatic heterocycles. The van der Waals surface area contributed by atoms with Crippen LogP contribution in [0.3, 0.4) is 0 Å². The fourth-order valence-electron chi connectivity index (χ4n) is 2.73. The molecule has 1 aliphatic heterocycles. The fourth-order valence-corrected chi connectivity index (χ4v) is 2.92. The third-order valence-electron chi connectivity index (χ3n) is 4.15. The van der Waals surface area contributed by atoms with E-state index in [0.29, 0.717) is 35.3 Å². The van der Waals surface area contributed by atoms with E-state index in [0.717, 1.165) is 6.42 Å². The summed E-state index contributed by atoms with van der Waals surface area (Å²) in [5.74, 6) is 0.212. The molecule has 1 saturated heterocycles. The summed E-state index contributed by atoms with van der Waals surface area (Å²) in [4.78, 5) is 21.9. The Morgan fingerprint density at radius 3 is 2.92 bits per heavy atom. The van der Waals surface area contributed by atoms with Gasteiger partial charge in [0.1, 0.15) is 10.8 Å². The number of rotatable bonds is 5. The number of carbonyl (C=O) groups excluding carboxylic acids is 1. The maximum Gasteiger partial charge on any atom is 0.228 e. The van der Waals surface area contributed by atoms with Crippen LogP contribution in [0.2, 0.25) is 5.02 Å². The highest BCUT2D eigenvalue weighted by Crippen LogP contribution is 2.28. The normalized spacial score (nSPS) is 15.5. The zero-order chi connectivity index (χ0) is 18.0. The smallest absolute Gasteiger partial charge is 0.228 e. The van der Waals surface area contributed by atoms with Crippen LogP contribution >= 0.6 is 11.6 Å². The third kappa shape index (κ3) is 3.72. The molecule has 0 spiro atoms. The Labute approximate surface area is 149 Å². The summed E-state index contributed by atoms with van der Waals surface area (Å²) in [6, 6.07) is 4.36. The van der Waals surface area contributed by atoms with Crippen molar-refractivity contribution in [1.29, 1.82) is 0 Å². The van der Waals surface area contributed by atoms with Crippen molar-refractivity contribution in [1.82, 2.24) is 9.97 Å². The number of anilines is 2. The summed E-state index contributed by atoms with van der Waals surface area (Å²) in [5.41, 5.74) is 0.931. The van der Waals surface area contributed by atoms with Gasteiger partial charge in [0.25, 0.3) is 0 Å². The maximum atomic E-state index is 13.8. The van der Waals surface area contributed by atoms with Gasteiger partial charge in [-0.2, -0.15) is 4.98 Å². The van der Waals surface area contributed by atoms with Crippen LogP contribution in [-0.4, -0.2) is 27.5 Å². The largest absolute Gasteiger partial charge is 0.392 e. The van der Waals surface area contributed by atoms with Crippen LogP contribution in [0.15, 0.2) is 24.4 Å². The van der Waals surface area contributed by atoms with Crippen LogP contribution in [-0.2, 0) is 11.4 Å². The van der Waals surface area contributed by atoms with E-state index in [1.165, 1.54) is 12.3 Å². The number of aliphatic hydroxyl groups excluding tert-OH is 1. The molecule has 132 valence electrons. The summed E-state index contributed by atoms with van der Waals surface area (Å²) in [5, 5.41) is 12.4. The molecule has 2 N–H and O–H groups in total. The van der Waals surface area contributed by atoms with Gasteiger partial charge in [0.15, 0.2) is 5.82 Å². The van der Waals surface area contributed by atoms with E-state index in [1.807, 2.05) is 6.92 Å². The van der Waals surface area contributed by atoms with Gasteiger partial charge in [-0.15, -0.1) is 0 Å². The Morgan fingerprint density at radius 1 is 1.48 bits per heavy atom. The van der Waals surface area contributed by atoms with Crippen LogP contribution in [0.4, 0.5) is 16.2 Å². The van der Waals surface area contributed by atoms with Crippen molar-refractivity contribution < 1.29 is 14.3 Å². The molecular formula is C17H18ClFN4O2. The van der Waals surface area contributed by atoms with Crippen LogP contribution < -0.4 is 10.2 Å².